The van der Waals surface area contributed by atoms with Crippen LogP contribution in [0.1, 0.15) is 25.7 Å². The van der Waals surface area contributed by atoms with Gasteiger partial charge in [0.1, 0.15) is 27.2 Å². The molecule has 2 N–H and O–H groups in total. The Morgan fingerprint density at radius 3 is 1.94 bits per heavy atom. The molecule has 0 rings (SSSR count). The van der Waals surface area contributed by atoms with Gasteiger partial charge in [0, 0.05) is 0 Å². The lowest BCUT2D eigenvalue weighted by molar-refractivity contribution is -1.08. The van der Waals surface area contributed by atoms with Gasteiger partial charge in [-0.05, 0) is 19.3 Å². The average molecular weight is 235 g/mol. The van der Waals surface area contributed by atoms with E-state index in [1.165, 1.54) is 12.8 Å². The SMILES string of the molecule is C[N+](C)(C)OCCCCCC[N+](C)(C)ON. The van der Waals surface area contributed by atoms with E-state index < -0.39 is 0 Å². The summed E-state index contributed by atoms with van der Waals surface area (Å²) in [6.45, 7) is 1.78. The Labute approximate surface area is 99.8 Å². The standard InChI is InChI=1S/C11H29N3O2/c1-13(2,3)15-11-9-7-6-8-10-14(4,5)16-12/h6-12H2,1-5H3/q+2. The summed E-state index contributed by atoms with van der Waals surface area (Å²) in [6.07, 6.45) is 4.65. The molecule has 0 radical (unpaired) electrons. The van der Waals surface area contributed by atoms with E-state index in [9.17, 15) is 0 Å². The molecule has 0 aliphatic heterocycles. The first-order chi connectivity index (χ1) is 7.27. The first kappa shape index (κ1) is 15.8. The fraction of sp³-hybridized carbons (Fsp3) is 1.00. The van der Waals surface area contributed by atoms with Crippen LogP contribution in [-0.2, 0) is 9.78 Å². The number of hydrogen-bond donors (Lipinski definition) is 1. The van der Waals surface area contributed by atoms with Gasteiger partial charge in [-0.2, -0.15) is 15.2 Å². The minimum absolute atomic E-state index is 0.426. The summed E-state index contributed by atoms with van der Waals surface area (Å²) in [5, 5.41) is 0. The quantitative estimate of drug-likeness (QED) is 0.369. The zero-order chi connectivity index (χ0) is 12.7. The second-order valence-electron chi connectivity index (χ2n) is 5.54. The van der Waals surface area contributed by atoms with E-state index in [2.05, 4.69) is 0 Å². The number of hydrogen-bond acceptors (Lipinski definition) is 3. The minimum Gasteiger partial charge on any atom is -0.204 e. The topological polar surface area (TPSA) is 44.5 Å². The van der Waals surface area contributed by atoms with Crippen molar-refractivity contribution in [2.75, 3.05) is 48.4 Å². The zero-order valence-electron chi connectivity index (χ0n) is 11.5. The molecule has 0 aromatic rings. The van der Waals surface area contributed by atoms with Gasteiger partial charge in [-0.1, -0.05) is 6.42 Å². The predicted molar refractivity (Wildman–Crippen MR) is 64.7 cm³/mol. The molecule has 5 nitrogen and oxygen atoms in total. The van der Waals surface area contributed by atoms with E-state index >= 15 is 0 Å². The number of hydroxylamine groups is 6. The predicted octanol–water partition coefficient (Wildman–Crippen LogP) is 1.07. The average Bonchev–Trinajstić information content (AvgIpc) is 2.14. The van der Waals surface area contributed by atoms with Crippen molar-refractivity contribution in [2.45, 2.75) is 25.7 Å². The summed E-state index contributed by atoms with van der Waals surface area (Å²) in [5.74, 6) is 5.17. The Hall–Kier alpha value is -0.200. The summed E-state index contributed by atoms with van der Waals surface area (Å²) in [4.78, 5) is 10.4. The van der Waals surface area contributed by atoms with E-state index in [1.54, 1.807) is 0 Å². The van der Waals surface area contributed by atoms with Crippen molar-refractivity contribution in [2.24, 2.45) is 5.90 Å². The van der Waals surface area contributed by atoms with E-state index in [1.807, 2.05) is 35.2 Å². The molecular weight excluding hydrogens is 206 g/mol. The Balaban J connectivity index is 3.29. The summed E-state index contributed by atoms with van der Waals surface area (Å²) >= 11 is 0. The van der Waals surface area contributed by atoms with Crippen LogP contribution >= 0.6 is 0 Å². The zero-order valence-corrected chi connectivity index (χ0v) is 11.5. The third-order valence-electron chi connectivity index (χ3n) is 2.35. The van der Waals surface area contributed by atoms with Crippen molar-refractivity contribution in [1.29, 1.82) is 0 Å². The van der Waals surface area contributed by atoms with E-state index in [0.29, 0.717) is 9.29 Å². The summed E-state index contributed by atoms with van der Waals surface area (Å²) in [7, 11) is 10.00. The highest BCUT2D eigenvalue weighted by Crippen LogP contribution is 2.05. The van der Waals surface area contributed by atoms with Crippen LogP contribution in [0.25, 0.3) is 0 Å². The molecule has 0 aliphatic rings. The summed E-state index contributed by atoms with van der Waals surface area (Å²) in [5.41, 5.74) is 0. The fourth-order valence-corrected chi connectivity index (χ4v) is 1.34. The van der Waals surface area contributed by atoms with Gasteiger partial charge in [0.25, 0.3) is 0 Å². The molecular formula is C11H29N3O2+2. The first-order valence-corrected chi connectivity index (χ1v) is 5.94. The molecule has 0 amide bonds. The van der Waals surface area contributed by atoms with Gasteiger partial charge in [-0.3, -0.25) is 0 Å². The Morgan fingerprint density at radius 2 is 1.44 bits per heavy atom. The second-order valence-corrected chi connectivity index (χ2v) is 5.54. The van der Waals surface area contributed by atoms with Gasteiger partial charge in [0.15, 0.2) is 0 Å². The third kappa shape index (κ3) is 10.3. The smallest absolute Gasteiger partial charge is 0.110 e. The number of nitrogens with zero attached hydrogens (tertiary/aromatic N) is 2. The molecule has 0 unspecified atom stereocenters. The maximum Gasteiger partial charge on any atom is 0.110 e. The van der Waals surface area contributed by atoms with Crippen LogP contribution < -0.4 is 5.90 Å². The molecule has 0 aromatic heterocycles. The van der Waals surface area contributed by atoms with E-state index in [-0.39, 0.29) is 0 Å². The molecule has 0 spiro atoms. The first-order valence-electron chi connectivity index (χ1n) is 5.94. The highest BCUT2D eigenvalue weighted by molar-refractivity contribution is 4.41. The maximum atomic E-state index is 5.59. The van der Waals surface area contributed by atoms with Crippen LogP contribution in [0.4, 0.5) is 0 Å². The number of unbranched alkanes of at least 4 members (excludes halogenated alkanes) is 3. The lowest BCUT2D eigenvalue weighted by Crippen LogP contribution is -2.42. The fourth-order valence-electron chi connectivity index (χ4n) is 1.34. The van der Waals surface area contributed by atoms with Crippen molar-refractivity contribution >= 4 is 0 Å². The van der Waals surface area contributed by atoms with Crippen molar-refractivity contribution in [3.8, 4) is 0 Å². The normalized spacial score (nSPS) is 13.1. The van der Waals surface area contributed by atoms with Gasteiger partial charge >= 0.3 is 0 Å². The number of nitrogens with two attached hydrogens (primary N) is 1. The van der Waals surface area contributed by atoms with E-state index in [4.69, 9.17) is 15.7 Å². The third-order valence-corrected chi connectivity index (χ3v) is 2.35. The lowest BCUT2D eigenvalue weighted by atomic mass is 10.2. The van der Waals surface area contributed by atoms with Crippen LogP contribution in [-0.4, -0.2) is 57.7 Å². The highest BCUT2D eigenvalue weighted by atomic mass is 16.8. The largest absolute Gasteiger partial charge is 0.204 e. The van der Waals surface area contributed by atoms with Gasteiger partial charge < -0.3 is 0 Å². The van der Waals surface area contributed by atoms with Crippen LogP contribution in [0.5, 0.6) is 0 Å². The van der Waals surface area contributed by atoms with Crippen molar-refractivity contribution in [1.82, 2.24) is 0 Å². The molecule has 0 aromatic carbocycles. The Kier molecular flexibility index (Phi) is 7.10. The summed E-state index contributed by atoms with van der Waals surface area (Å²) in [6, 6.07) is 0. The molecule has 0 heterocycles. The molecule has 0 atom stereocenters. The van der Waals surface area contributed by atoms with Crippen LogP contribution in [0.3, 0.4) is 0 Å². The van der Waals surface area contributed by atoms with Crippen LogP contribution in [0.15, 0.2) is 0 Å². The van der Waals surface area contributed by atoms with Crippen molar-refractivity contribution < 1.29 is 19.1 Å². The van der Waals surface area contributed by atoms with Crippen LogP contribution in [0.2, 0.25) is 0 Å². The molecule has 5 heteroatoms. The van der Waals surface area contributed by atoms with Gasteiger partial charge in [-0.25, -0.2) is 4.84 Å². The second kappa shape index (κ2) is 7.19. The monoisotopic (exact) mass is 235 g/mol. The molecule has 0 saturated heterocycles. The molecule has 16 heavy (non-hydrogen) atoms. The van der Waals surface area contributed by atoms with E-state index in [0.717, 1.165) is 26.0 Å². The van der Waals surface area contributed by atoms with Crippen molar-refractivity contribution in [3.63, 3.8) is 0 Å². The minimum atomic E-state index is 0.426. The number of quaternary nitrogens is 2. The van der Waals surface area contributed by atoms with Gasteiger partial charge in [0.05, 0.1) is 21.1 Å². The maximum absolute atomic E-state index is 5.59. The molecule has 0 saturated carbocycles. The van der Waals surface area contributed by atoms with Gasteiger partial charge in [-0.15, -0.1) is 4.94 Å². The Bertz CT molecular complexity index is 179. The molecule has 0 aliphatic carbocycles. The highest BCUT2D eigenvalue weighted by Gasteiger charge is 2.14. The number of rotatable bonds is 9. The molecule has 0 bridgehead atoms. The van der Waals surface area contributed by atoms with Crippen LogP contribution in [0, 0.1) is 0 Å². The molecule has 98 valence electrons. The van der Waals surface area contributed by atoms with Crippen molar-refractivity contribution in [3.05, 3.63) is 0 Å². The summed E-state index contributed by atoms with van der Waals surface area (Å²) < 4.78 is 1.00. The Morgan fingerprint density at radius 1 is 0.875 bits per heavy atom. The molecule has 0 fully saturated rings. The van der Waals surface area contributed by atoms with Gasteiger partial charge in [0.2, 0.25) is 0 Å². The lowest BCUT2D eigenvalue weighted by Gasteiger charge is -2.23.